The van der Waals surface area contributed by atoms with Gasteiger partial charge in [0.05, 0.1) is 31.5 Å². The molecule has 0 saturated heterocycles. The molecule has 2 aromatic heterocycles. The molecular formula is C23H18ClFN4O5S. The fourth-order valence-electron chi connectivity index (χ4n) is 3.58. The maximum Gasteiger partial charge on any atom is 0.333 e. The van der Waals surface area contributed by atoms with Crippen molar-refractivity contribution in [1.29, 1.82) is 0 Å². The van der Waals surface area contributed by atoms with Crippen LogP contribution in [0.5, 0.6) is 0 Å². The summed E-state index contributed by atoms with van der Waals surface area (Å²) in [7, 11) is 1.52. The zero-order valence-electron chi connectivity index (χ0n) is 18.2. The number of carbonyl (C=O) groups is 2. The largest absolute Gasteiger partial charge is 0.480 e. The van der Waals surface area contributed by atoms with Gasteiger partial charge in [0.25, 0.3) is 11.5 Å². The van der Waals surface area contributed by atoms with Crippen LogP contribution < -0.4 is 16.6 Å². The van der Waals surface area contributed by atoms with Crippen molar-refractivity contribution in [2.24, 2.45) is 0 Å². The molecule has 0 bridgehead atoms. The van der Waals surface area contributed by atoms with Gasteiger partial charge >= 0.3 is 11.7 Å². The number of thiophene rings is 1. The van der Waals surface area contributed by atoms with E-state index in [1.807, 2.05) is 0 Å². The fourth-order valence-corrected chi connectivity index (χ4v) is 4.59. The summed E-state index contributed by atoms with van der Waals surface area (Å²) in [6.45, 7) is -0.554. The summed E-state index contributed by atoms with van der Waals surface area (Å²) in [4.78, 5) is 53.7. The second kappa shape index (κ2) is 9.72. The molecule has 0 fully saturated rings. The lowest BCUT2D eigenvalue weighted by molar-refractivity contribution is -0.137. The Hall–Kier alpha value is -3.96. The molecule has 0 spiro atoms. The van der Waals surface area contributed by atoms with E-state index in [9.17, 15) is 28.7 Å². The number of carbonyl (C=O) groups excluding carboxylic acids is 1. The van der Waals surface area contributed by atoms with E-state index in [4.69, 9.17) is 11.6 Å². The van der Waals surface area contributed by atoms with Crippen LogP contribution in [0, 0.1) is 5.82 Å². The van der Waals surface area contributed by atoms with E-state index in [-0.39, 0.29) is 28.8 Å². The molecular weight excluding hydrogens is 499 g/mol. The average molecular weight is 517 g/mol. The van der Waals surface area contributed by atoms with E-state index in [0.717, 1.165) is 26.9 Å². The fraction of sp³-hybridized carbons (Fsp3) is 0.130. The van der Waals surface area contributed by atoms with Crippen molar-refractivity contribution in [2.75, 3.05) is 18.9 Å². The molecule has 2 heterocycles. The molecule has 0 aliphatic heterocycles. The number of hydrogen-bond acceptors (Lipinski definition) is 6. The number of H-pyrrole nitrogens is 1. The predicted octanol–water partition coefficient (Wildman–Crippen LogP) is 3.30. The minimum absolute atomic E-state index is 0.00184. The number of amides is 1. The number of aromatic nitrogens is 2. The van der Waals surface area contributed by atoms with Gasteiger partial charge < -0.3 is 20.3 Å². The van der Waals surface area contributed by atoms with E-state index in [1.54, 1.807) is 18.2 Å². The Labute approximate surface area is 206 Å². The maximum absolute atomic E-state index is 14.2. The number of benzene rings is 2. The molecule has 0 radical (unpaired) electrons. The molecule has 4 rings (SSSR count). The third-order valence-electron chi connectivity index (χ3n) is 5.22. The molecule has 4 aromatic rings. The van der Waals surface area contributed by atoms with Gasteiger partial charge in [0.15, 0.2) is 0 Å². The van der Waals surface area contributed by atoms with E-state index in [1.165, 1.54) is 31.3 Å². The average Bonchev–Trinajstić information content (AvgIpc) is 3.25. The van der Waals surface area contributed by atoms with Crippen LogP contribution >= 0.6 is 22.9 Å². The highest BCUT2D eigenvalue weighted by molar-refractivity contribution is 7.17. The van der Waals surface area contributed by atoms with Gasteiger partial charge in [-0.05, 0) is 42.0 Å². The number of nitrogens with one attached hydrogen (secondary N) is 2. The number of carboxylic acids is 1. The van der Waals surface area contributed by atoms with Gasteiger partial charge in [0.1, 0.15) is 12.4 Å². The smallest absolute Gasteiger partial charge is 0.333 e. The summed E-state index contributed by atoms with van der Waals surface area (Å²) >= 11 is 6.93. The summed E-state index contributed by atoms with van der Waals surface area (Å²) in [6.07, 6.45) is 0. The van der Waals surface area contributed by atoms with Crippen LogP contribution in [0.4, 0.5) is 10.1 Å². The molecule has 3 N–H and O–H groups in total. The number of anilines is 1. The second-order valence-electron chi connectivity index (χ2n) is 7.52. The number of fused-ring (bicyclic) bond motifs is 1. The number of halogens is 2. The van der Waals surface area contributed by atoms with Crippen molar-refractivity contribution < 1.29 is 19.1 Å². The van der Waals surface area contributed by atoms with Crippen molar-refractivity contribution in [2.45, 2.75) is 6.54 Å². The molecule has 180 valence electrons. The molecule has 0 atom stereocenters. The zero-order valence-corrected chi connectivity index (χ0v) is 19.7. The van der Waals surface area contributed by atoms with E-state index < -0.39 is 35.5 Å². The molecule has 35 heavy (non-hydrogen) atoms. The zero-order chi connectivity index (χ0) is 25.3. The highest BCUT2D eigenvalue weighted by Crippen LogP contribution is 2.24. The van der Waals surface area contributed by atoms with Gasteiger partial charge in [-0.15, -0.1) is 11.3 Å². The standard InChI is InChI=1S/C23H18ClFN4O5S/c1-26-17-9-16-14(8-15(17)25)21(32)29(23(34)27-16)13-4-2-12(3-5-13)10-28(11-20(30)31)22(33)18-6-7-19(24)35-18/h2-9,26H,10-11H2,1H3,(H,27,34)(H,30,31). The Balaban J connectivity index is 1.66. The molecule has 0 aliphatic rings. The lowest BCUT2D eigenvalue weighted by atomic mass is 10.1. The summed E-state index contributed by atoms with van der Waals surface area (Å²) in [6, 6.07) is 11.6. The monoisotopic (exact) mass is 516 g/mol. The highest BCUT2D eigenvalue weighted by Gasteiger charge is 2.21. The van der Waals surface area contributed by atoms with Gasteiger partial charge in [-0.25, -0.2) is 13.8 Å². The topological polar surface area (TPSA) is 124 Å². The first-order chi connectivity index (χ1) is 16.7. The Bertz CT molecular complexity index is 1560. The molecule has 12 heteroatoms. The lowest BCUT2D eigenvalue weighted by Crippen LogP contribution is -2.35. The van der Waals surface area contributed by atoms with E-state index in [2.05, 4.69) is 10.3 Å². The van der Waals surface area contributed by atoms with Crippen LogP contribution in [0.2, 0.25) is 4.34 Å². The van der Waals surface area contributed by atoms with Crippen LogP contribution in [-0.4, -0.2) is 45.0 Å². The normalized spacial score (nSPS) is 10.9. The molecule has 1 amide bonds. The third-order valence-corrected chi connectivity index (χ3v) is 6.44. The van der Waals surface area contributed by atoms with Crippen molar-refractivity contribution >= 4 is 51.4 Å². The van der Waals surface area contributed by atoms with E-state index in [0.29, 0.717) is 14.8 Å². The lowest BCUT2D eigenvalue weighted by Gasteiger charge is -2.20. The minimum Gasteiger partial charge on any atom is -0.480 e. The van der Waals surface area contributed by atoms with Gasteiger partial charge in [0.2, 0.25) is 0 Å². The number of aromatic amines is 1. The second-order valence-corrected chi connectivity index (χ2v) is 9.24. The van der Waals surface area contributed by atoms with Crippen molar-refractivity contribution in [3.05, 3.63) is 90.0 Å². The van der Waals surface area contributed by atoms with Crippen LogP contribution in [0.25, 0.3) is 16.6 Å². The molecule has 0 unspecified atom stereocenters. The highest BCUT2D eigenvalue weighted by atomic mass is 35.5. The van der Waals surface area contributed by atoms with Crippen molar-refractivity contribution in [1.82, 2.24) is 14.5 Å². The van der Waals surface area contributed by atoms with Crippen molar-refractivity contribution in [3.63, 3.8) is 0 Å². The minimum atomic E-state index is -1.18. The third kappa shape index (κ3) is 4.96. The number of hydrogen-bond donors (Lipinski definition) is 3. The summed E-state index contributed by atoms with van der Waals surface area (Å²) < 4.78 is 15.5. The number of carboxylic acid groups (broad SMARTS) is 1. The van der Waals surface area contributed by atoms with Crippen LogP contribution in [0.1, 0.15) is 15.2 Å². The van der Waals surface area contributed by atoms with Crippen LogP contribution in [0.3, 0.4) is 0 Å². The molecule has 0 aliphatic carbocycles. The molecule has 9 nitrogen and oxygen atoms in total. The number of aliphatic carboxylic acids is 1. The van der Waals surface area contributed by atoms with Gasteiger partial charge in [-0.2, -0.15) is 0 Å². The van der Waals surface area contributed by atoms with Gasteiger partial charge in [-0.3, -0.25) is 14.4 Å². The Morgan fingerprint density at radius 2 is 1.89 bits per heavy atom. The Morgan fingerprint density at radius 3 is 2.49 bits per heavy atom. The Morgan fingerprint density at radius 1 is 1.17 bits per heavy atom. The summed E-state index contributed by atoms with van der Waals surface area (Å²) in [5, 5.41) is 11.9. The first-order valence-corrected chi connectivity index (χ1v) is 11.4. The molecule has 2 aromatic carbocycles. The van der Waals surface area contributed by atoms with Gasteiger partial charge in [-0.1, -0.05) is 23.7 Å². The number of nitrogens with zero attached hydrogens (tertiary/aromatic N) is 2. The molecule has 0 saturated carbocycles. The van der Waals surface area contributed by atoms with Crippen LogP contribution in [0.15, 0.2) is 58.1 Å². The summed E-state index contributed by atoms with van der Waals surface area (Å²) in [5.74, 6) is -2.31. The van der Waals surface area contributed by atoms with Crippen LogP contribution in [-0.2, 0) is 11.3 Å². The quantitative estimate of drug-likeness (QED) is 0.346. The number of rotatable bonds is 7. The predicted molar refractivity (Wildman–Crippen MR) is 131 cm³/mol. The summed E-state index contributed by atoms with van der Waals surface area (Å²) in [5.41, 5.74) is -0.284. The Kier molecular flexibility index (Phi) is 6.72. The van der Waals surface area contributed by atoms with Crippen molar-refractivity contribution in [3.8, 4) is 5.69 Å². The first-order valence-electron chi connectivity index (χ1n) is 10.2. The maximum atomic E-state index is 14.2. The SMILES string of the molecule is CNc1cc2[nH]c(=O)n(-c3ccc(CN(CC(=O)O)C(=O)c4ccc(Cl)s4)cc3)c(=O)c2cc1F. The van der Waals surface area contributed by atoms with Gasteiger partial charge in [0, 0.05) is 13.6 Å². The first kappa shape index (κ1) is 24.2. The van der Waals surface area contributed by atoms with E-state index >= 15 is 0 Å².